The molecule has 5 aromatic rings. The molecule has 0 fully saturated rings. The number of nitrogens with zero attached hydrogens (tertiary/aromatic N) is 2. The summed E-state index contributed by atoms with van der Waals surface area (Å²) in [5, 5.41) is 16.1. The van der Waals surface area contributed by atoms with Crippen molar-refractivity contribution in [3.8, 4) is 22.8 Å². The Labute approximate surface area is 281 Å². The number of fused-ring (bicyclic) bond motifs is 1. The van der Waals surface area contributed by atoms with Gasteiger partial charge in [-0.25, -0.2) is 28.3 Å². The summed E-state index contributed by atoms with van der Waals surface area (Å²) in [5.74, 6) is 1.63. The fourth-order valence-corrected chi connectivity index (χ4v) is 5.38. The number of hydrogen-bond acceptors (Lipinski definition) is 11. The molecule has 0 atom stereocenters. The number of ether oxygens (including phenoxy) is 2. The van der Waals surface area contributed by atoms with Crippen molar-refractivity contribution in [1.29, 1.82) is 0 Å². The number of benzene rings is 3. The van der Waals surface area contributed by atoms with Gasteiger partial charge in [-0.3, -0.25) is 10.0 Å². The minimum absolute atomic E-state index is 0.00423. The lowest BCUT2D eigenvalue weighted by Gasteiger charge is -2.14. The third-order valence-corrected chi connectivity index (χ3v) is 8.29. The number of hydroxylamine groups is 1. The van der Waals surface area contributed by atoms with E-state index in [0.717, 1.165) is 5.56 Å². The molecule has 48 heavy (non-hydrogen) atoms. The summed E-state index contributed by atoms with van der Waals surface area (Å²) in [6.07, 6.45) is 3.01. The minimum atomic E-state index is -3.10. The monoisotopic (exact) mass is 697 g/mol. The van der Waals surface area contributed by atoms with Crippen molar-refractivity contribution in [3.63, 3.8) is 0 Å². The van der Waals surface area contributed by atoms with Crippen LogP contribution in [0.2, 0.25) is 5.02 Å². The fraction of sp³-hybridized carbons (Fsp3) is 0.242. The Hall–Kier alpha value is -4.76. The van der Waals surface area contributed by atoms with Gasteiger partial charge in [0.2, 0.25) is 5.91 Å². The molecule has 3 aromatic carbocycles. The summed E-state index contributed by atoms with van der Waals surface area (Å²) in [6.45, 7) is 0.987. The highest BCUT2D eigenvalue weighted by molar-refractivity contribution is 7.90. The highest BCUT2D eigenvalue weighted by Crippen LogP contribution is 2.38. The molecule has 4 N–H and O–H groups in total. The molecule has 0 unspecified atom stereocenters. The second-order valence-electron chi connectivity index (χ2n) is 10.8. The topological polar surface area (TPSA) is 165 Å². The molecule has 252 valence electrons. The average molecular weight is 698 g/mol. The zero-order valence-corrected chi connectivity index (χ0v) is 27.4. The average Bonchev–Trinajstić information content (AvgIpc) is 3.53. The molecule has 0 saturated heterocycles. The first kappa shape index (κ1) is 34.6. The van der Waals surface area contributed by atoms with Crippen LogP contribution < -0.4 is 25.6 Å². The van der Waals surface area contributed by atoms with Gasteiger partial charge in [-0.05, 0) is 60.5 Å². The second-order valence-corrected chi connectivity index (χ2v) is 13.5. The van der Waals surface area contributed by atoms with Gasteiger partial charge in [0, 0.05) is 36.4 Å². The number of aromatic nitrogens is 2. The number of sulfone groups is 1. The third kappa shape index (κ3) is 9.64. The lowest BCUT2D eigenvalue weighted by Crippen LogP contribution is -2.21. The van der Waals surface area contributed by atoms with Crippen LogP contribution in [0, 0.1) is 5.82 Å². The highest BCUT2D eigenvalue weighted by Gasteiger charge is 2.17. The van der Waals surface area contributed by atoms with Crippen molar-refractivity contribution in [2.45, 2.75) is 26.0 Å². The van der Waals surface area contributed by atoms with Gasteiger partial charge in [0.25, 0.3) is 0 Å². The number of carbonyl (C=O) groups excluding carboxylic acids is 1. The third-order valence-electron chi connectivity index (χ3n) is 7.05. The van der Waals surface area contributed by atoms with Crippen LogP contribution >= 0.6 is 11.6 Å². The lowest BCUT2D eigenvalue weighted by atomic mass is 10.1. The Kier molecular flexibility index (Phi) is 11.4. The zero-order valence-electron chi connectivity index (χ0n) is 25.8. The van der Waals surface area contributed by atoms with Crippen molar-refractivity contribution >= 4 is 49.8 Å². The van der Waals surface area contributed by atoms with Crippen LogP contribution in [0.1, 0.15) is 24.2 Å². The Morgan fingerprint density at radius 2 is 1.83 bits per heavy atom. The van der Waals surface area contributed by atoms with Crippen molar-refractivity contribution in [2.24, 2.45) is 0 Å². The van der Waals surface area contributed by atoms with Crippen LogP contribution in [0.25, 0.3) is 22.2 Å². The van der Waals surface area contributed by atoms with Crippen LogP contribution in [0.3, 0.4) is 0 Å². The van der Waals surface area contributed by atoms with Gasteiger partial charge in [0.05, 0.1) is 35.0 Å². The van der Waals surface area contributed by atoms with E-state index in [4.69, 9.17) is 30.7 Å². The molecule has 0 saturated carbocycles. The van der Waals surface area contributed by atoms with E-state index in [9.17, 15) is 17.6 Å². The number of anilines is 2. The molecule has 5 rings (SSSR count). The second kappa shape index (κ2) is 15.9. The first-order chi connectivity index (χ1) is 23.1. The van der Waals surface area contributed by atoms with Crippen molar-refractivity contribution in [2.75, 3.05) is 30.5 Å². The number of rotatable bonds is 16. The summed E-state index contributed by atoms with van der Waals surface area (Å²) < 4.78 is 54.1. The maximum Gasteiger partial charge on any atom is 0.243 e. The molecule has 0 bridgehead atoms. The summed E-state index contributed by atoms with van der Waals surface area (Å²) in [7, 11) is -3.10. The first-order valence-electron chi connectivity index (χ1n) is 14.8. The standard InChI is InChI=1S/C33H33ClFN5O7S/c1-48(43,44)14-12-36-18-24-9-11-29(47-24)26-16-25-28(17-31(26)45-13-2-3-32(41)40-42)37-20-38-33(25)39-23-8-10-30(27(34)15-23)46-19-21-4-6-22(35)7-5-21/h4-11,15-17,20,36,42H,2-3,12-14,18-19H2,1H3,(H,40,41)(H,37,38,39). The highest BCUT2D eigenvalue weighted by atomic mass is 35.5. The van der Waals surface area contributed by atoms with Crippen LogP contribution in [0.4, 0.5) is 15.9 Å². The van der Waals surface area contributed by atoms with E-state index in [1.807, 2.05) is 6.07 Å². The Morgan fingerprint density at radius 1 is 1.02 bits per heavy atom. The van der Waals surface area contributed by atoms with Crippen LogP contribution in [0.5, 0.6) is 11.5 Å². The zero-order chi connectivity index (χ0) is 34.1. The van der Waals surface area contributed by atoms with Crippen LogP contribution in [-0.2, 0) is 27.8 Å². The largest absolute Gasteiger partial charge is 0.493 e. The van der Waals surface area contributed by atoms with Gasteiger partial charge in [0.15, 0.2) is 0 Å². The van der Waals surface area contributed by atoms with E-state index in [-0.39, 0.29) is 37.7 Å². The minimum Gasteiger partial charge on any atom is -0.493 e. The Morgan fingerprint density at radius 3 is 2.58 bits per heavy atom. The maximum atomic E-state index is 13.2. The number of furan rings is 1. The smallest absolute Gasteiger partial charge is 0.243 e. The predicted octanol–water partition coefficient (Wildman–Crippen LogP) is 5.80. The molecular weight excluding hydrogens is 665 g/mol. The molecular formula is C33H33ClFN5O7S. The number of halogens is 2. The van der Waals surface area contributed by atoms with Crippen LogP contribution in [-0.4, -0.2) is 54.7 Å². The SMILES string of the molecule is CS(=O)(=O)CCNCc1ccc(-c2cc3c(Nc4ccc(OCc5ccc(F)cc5)c(Cl)c4)ncnc3cc2OCCCC(=O)NO)o1. The molecule has 0 aliphatic heterocycles. The van der Waals surface area contributed by atoms with Crippen molar-refractivity contribution < 1.29 is 36.7 Å². The van der Waals surface area contributed by atoms with E-state index in [1.165, 1.54) is 24.7 Å². The molecule has 15 heteroatoms. The Bertz CT molecular complexity index is 1990. The fourth-order valence-electron chi connectivity index (χ4n) is 4.63. The quantitative estimate of drug-likeness (QED) is 0.0559. The normalized spacial score (nSPS) is 11.4. The summed E-state index contributed by atoms with van der Waals surface area (Å²) in [5.41, 5.74) is 4.20. The number of hydrogen-bond donors (Lipinski definition) is 4. The molecule has 0 aliphatic carbocycles. The molecule has 0 radical (unpaired) electrons. The predicted molar refractivity (Wildman–Crippen MR) is 179 cm³/mol. The van der Waals surface area contributed by atoms with Gasteiger partial charge in [-0.15, -0.1) is 0 Å². The number of carbonyl (C=O) groups is 1. The van der Waals surface area contributed by atoms with Crippen molar-refractivity contribution in [1.82, 2.24) is 20.8 Å². The van der Waals surface area contributed by atoms with Gasteiger partial charge >= 0.3 is 0 Å². The van der Waals surface area contributed by atoms with E-state index >= 15 is 0 Å². The van der Waals surface area contributed by atoms with Gasteiger partial charge in [-0.1, -0.05) is 23.7 Å². The van der Waals surface area contributed by atoms with Gasteiger partial charge in [0.1, 0.15) is 57.4 Å². The molecule has 2 heterocycles. The molecule has 0 spiro atoms. The molecule has 1 amide bonds. The summed E-state index contributed by atoms with van der Waals surface area (Å²) >= 11 is 6.53. The molecule has 0 aliphatic rings. The van der Waals surface area contributed by atoms with Gasteiger partial charge in [-0.2, -0.15) is 0 Å². The molecule has 12 nitrogen and oxygen atoms in total. The summed E-state index contributed by atoms with van der Waals surface area (Å²) in [4.78, 5) is 20.3. The van der Waals surface area contributed by atoms with E-state index in [2.05, 4.69) is 20.6 Å². The molecule has 2 aromatic heterocycles. The lowest BCUT2D eigenvalue weighted by molar-refractivity contribution is -0.129. The first-order valence-corrected chi connectivity index (χ1v) is 17.3. The maximum absolute atomic E-state index is 13.2. The number of nitrogens with one attached hydrogen (secondary N) is 3. The Balaban J connectivity index is 1.38. The number of amides is 1. The van der Waals surface area contributed by atoms with Crippen LogP contribution in [0.15, 0.2) is 77.5 Å². The van der Waals surface area contributed by atoms with E-state index in [0.29, 0.717) is 69.0 Å². The summed E-state index contributed by atoms with van der Waals surface area (Å²) in [6, 6.07) is 18.4. The van der Waals surface area contributed by atoms with Crippen molar-refractivity contribution in [3.05, 3.63) is 95.2 Å². The van der Waals surface area contributed by atoms with Gasteiger partial charge < -0.3 is 24.5 Å². The van der Waals surface area contributed by atoms with E-state index < -0.39 is 15.7 Å². The van der Waals surface area contributed by atoms with E-state index in [1.54, 1.807) is 54.0 Å².